The summed E-state index contributed by atoms with van der Waals surface area (Å²) in [4.78, 5) is 14.9. The highest BCUT2D eigenvalue weighted by atomic mass is 16.6. The molecule has 132 valence electrons. The molecule has 4 heteroatoms. The molecule has 1 aliphatic rings. The maximum absolute atomic E-state index is 12.6. The highest BCUT2D eigenvalue weighted by molar-refractivity contribution is 5.91. The number of hydrogen-bond donors (Lipinski definition) is 0. The summed E-state index contributed by atoms with van der Waals surface area (Å²) in [6, 6.07) is 17.6. The van der Waals surface area contributed by atoms with E-state index in [0.29, 0.717) is 12.1 Å². The highest BCUT2D eigenvalue weighted by Crippen LogP contribution is 2.22. The molecule has 2 aromatic rings. The molecule has 1 heterocycles. The predicted molar refractivity (Wildman–Crippen MR) is 98.6 cm³/mol. The largest absolute Gasteiger partial charge is 0.455 e. The van der Waals surface area contributed by atoms with Gasteiger partial charge in [0.25, 0.3) is 0 Å². The van der Waals surface area contributed by atoms with Gasteiger partial charge in [0.15, 0.2) is 0 Å². The van der Waals surface area contributed by atoms with Crippen molar-refractivity contribution in [3.05, 3.63) is 60.2 Å². The molecular formula is C21H25NO3. The molecule has 3 rings (SSSR count). The van der Waals surface area contributed by atoms with Crippen LogP contribution in [-0.2, 0) is 9.47 Å². The SMILES string of the molecule is CC(C)(CN1CCOCC1)OC(=O)c1cccc(-c2ccccc2)c1. The van der Waals surface area contributed by atoms with Gasteiger partial charge in [-0.3, -0.25) is 4.90 Å². The number of carbonyl (C=O) groups is 1. The minimum Gasteiger partial charge on any atom is -0.455 e. The van der Waals surface area contributed by atoms with Crippen molar-refractivity contribution in [3.63, 3.8) is 0 Å². The lowest BCUT2D eigenvalue weighted by atomic mass is 10.0. The van der Waals surface area contributed by atoms with Crippen molar-refractivity contribution in [2.24, 2.45) is 0 Å². The number of benzene rings is 2. The van der Waals surface area contributed by atoms with Gasteiger partial charge in [-0.1, -0.05) is 42.5 Å². The normalized spacial score (nSPS) is 15.8. The van der Waals surface area contributed by atoms with Crippen LogP contribution in [0.15, 0.2) is 54.6 Å². The average Bonchev–Trinajstić information content (AvgIpc) is 2.62. The molecule has 0 saturated carbocycles. The van der Waals surface area contributed by atoms with Gasteiger partial charge < -0.3 is 9.47 Å². The molecule has 0 bridgehead atoms. The molecule has 1 fully saturated rings. The lowest BCUT2D eigenvalue weighted by Gasteiger charge is -2.34. The van der Waals surface area contributed by atoms with Crippen molar-refractivity contribution in [1.82, 2.24) is 4.90 Å². The minimum atomic E-state index is -0.544. The van der Waals surface area contributed by atoms with Gasteiger partial charge in [0.1, 0.15) is 5.60 Å². The summed E-state index contributed by atoms with van der Waals surface area (Å²) in [5.74, 6) is -0.281. The zero-order valence-electron chi connectivity index (χ0n) is 14.9. The third kappa shape index (κ3) is 4.91. The zero-order chi connectivity index (χ0) is 17.7. The van der Waals surface area contributed by atoms with E-state index in [1.165, 1.54) is 0 Å². The quantitative estimate of drug-likeness (QED) is 0.780. The summed E-state index contributed by atoms with van der Waals surface area (Å²) < 4.78 is 11.2. The van der Waals surface area contributed by atoms with Gasteiger partial charge in [-0.2, -0.15) is 0 Å². The first-order chi connectivity index (χ1) is 12.0. The van der Waals surface area contributed by atoms with Gasteiger partial charge in [0.05, 0.1) is 18.8 Å². The summed E-state index contributed by atoms with van der Waals surface area (Å²) in [6.45, 7) is 7.87. The second kappa shape index (κ2) is 7.81. The summed E-state index contributed by atoms with van der Waals surface area (Å²) in [6.07, 6.45) is 0. The van der Waals surface area contributed by atoms with Crippen LogP contribution in [-0.4, -0.2) is 49.3 Å². The second-order valence-corrected chi connectivity index (χ2v) is 6.98. The van der Waals surface area contributed by atoms with Crippen LogP contribution in [0.25, 0.3) is 11.1 Å². The van der Waals surface area contributed by atoms with Crippen molar-refractivity contribution >= 4 is 5.97 Å². The van der Waals surface area contributed by atoms with Crippen LogP contribution in [0, 0.1) is 0 Å². The highest BCUT2D eigenvalue weighted by Gasteiger charge is 2.27. The van der Waals surface area contributed by atoms with Gasteiger partial charge in [0.2, 0.25) is 0 Å². The molecule has 1 aliphatic heterocycles. The summed E-state index contributed by atoms with van der Waals surface area (Å²) in [5, 5.41) is 0. The maximum atomic E-state index is 12.6. The summed E-state index contributed by atoms with van der Waals surface area (Å²) >= 11 is 0. The number of nitrogens with zero attached hydrogens (tertiary/aromatic N) is 1. The number of rotatable bonds is 5. The first kappa shape index (κ1) is 17.6. The van der Waals surface area contributed by atoms with Crippen LogP contribution >= 0.6 is 0 Å². The molecule has 1 saturated heterocycles. The maximum Gasteiger partial charge on any atom is 0.338 e. The van der Waals surface area contributed by atoms with Crippen molar-refractivity contribution in [2.75, 3.05) is 32.8 Å². The number of ether oxygens (including phenoxy) is 2. The molecule has 25 heavy (non-hydrogen) atoms. The third-order valence-electron chi connectivity index (χ3n) is 4.28. The van der Waals surface area contributed by atoms with E-state index in [-0.39, 0.29) is 5.97 Å². The fraction of sp³-hybridized carbons (Fsp3) is 0.381. The number of esters is 1. The monoisotopic (exact) mass is 339 g/mol. The van der Waals surface area contributed by atoms with Crippen LogP contribution in [0.3, 0.4) is 0 Å². The van der Waals surface area contributed by atoms with E-state index in [9.17, 15) is 4.79 Å². The second-order valence-electron chi connectivity index (χ2n) is 6.98. The molecular weight excluding hydrogens is 314 g/mol. The molecule has 4 nitrogen and oxygen atoms in total. The van der Waals surface area contributed by atoms with E-state index in [4.69, 9.17) is 9.47 Å². The topological polar surface area (TPSA) is 38.8 Å². The first-order valence-electron chi connectivity index (χ1n) is 8.72. The minimum absolute atomic E-state index is 0.281. The summed E-state index contributed by atoms with van der Waals surface area (Å²) in [5.41, 5.74) is 2.14. The van der Waals surface area contributed by atoms with E-state index in [1.807, 2.05) is 62.4 Å². The van der Waals surface area contributed by atoms with E-state index in [0.717, 1.165) is 37.4 Å². The third-order valence-corrected chi connectivity index (χ3v) is 4.28. The standard InChI is InChI=1S/C21H25NO3/c1-21(2,16-22-11-13-24-14-12-22)25-20(23)19-10-6-9-18(15-19)17-7-4-3-5-8-17/h3-10,15H,11-14,16H2,1-2H3. The zero-order valence-corrected chi connectivity index (χ0v) is 14.9. The van der Waals surface area contributed by atoms with E-state index in [2.05, 4.69) is 4.90 Å². The molecule has 0 radical (unpaired) electrons. The molecule has 0 spiro atoms. The Balaban J connectivity index is 1.68. The van der Waals surface area contributed by atoms with Crippen LogP contribution in [0.4, 0.5) is 0 Å². The van der Waals surface area contributed by atoms with Crippen LogP contribution in [0.1, 0.15) is 24.2 Å². The van der Waals surface area contributed by atoms with Crippen molar-refractivity contribution < 1.29 is 14.3 Å². The Morgan fingerprint density at radius 1 is 1.04 bits per heavy atom. The molecule has 0 aliphatic carbocycles. The van der Waals surface area contributed by atoms with Gasteiger partial charge in [-0.25, -0.2) is 4.79 Å². The molecule has 0 unspecified atom stereocenters. The lowest BCUT2D eigenvalue weighted by molar-refractivity contribution is -0.0360. The van der Waals surface area contributed by atoms with Gasteiger partial charge >= 0.3 is 5.97 Å². The Kier molecular flexibility index (Phi) is 5.51. The van der Waals surface area contributed by atoms with Gasteiger partial charge in [-0.15, -0.1) is 0 Å². The number of carbonyl (C=O) groups excluding carboxylic acids is 1. The van der Waals surface area contributed by atoms with E-state index in [1.54, 1.807) is 6.07 Å². The van der Waals surface area contributed by atoms with Crippen molar-refractivity contribution in [1.29, 1.82) is 0 Å². The summed E-state index contributed by atoms with van der Waals surface area (Å²) in [7, 11) is 0. The fourth-order valence-corrected chi connectivity index (χ4v) is 3.10. The Hall–Kier alpha value is -2.17. The average molecular weight is 339 g/mol. The Bertz CT molecular complexity index is 706. The molecule has 0 amide bonds. The van der Waals surface area contributed by atoms with Crippen molar-refractivity contribution in [2.45, 2.75) is 19.4 Å². The Labute approximate surface area is 149 Å². The van der Waals surface area contributed by atoms with Gasteiger partial charge in [0, 0.05) is 19.6 Å². The molecule has 0 aromatic heterocycles. The van der Waals surface area contributed by atoms with Crippen molar-refractivity contribution in [3.8, 4) is 11.1 Å². The Morgan fingerprint density at radius 2 is 1.72 bits per heavy atom. The van der Waals surface area contributed by atoms with E-state index >= 15 is 0 Å². The van der Waals surface area contributed by atoms with E-state index < -0.39 is 5.60 Å². The lowest BCUT2D eigenvalue weighted by Crippen LogP contribution is -2.46. The Morgan fingerprint density at radius 3 is 2.44 bits per heavy atom. The van der Waals surface area contributed by atoms with Crippen LogP contribution in [0.5, 0.6) is 0 Å². The molecule has 2 aromatic carbocycles. The smallest absolute Gasteiger partial charge is 0.338 e. The van der Waals surface area contributed by atoms with Crippen LogP contribution < -0.4 is 0 Å². The fourth-order valence-electron chi connectivity index (χ4n) is 3.10. The first-order valence-corrected chi connectivity index (χ1v) is 8.72. The molecule has 0 N–H and O–H groups in total. The van der Waals surface area contributed by atoms with Crippen LogP contribution in [0.2, 0.25) is 0 Å². The number of morpholine rings is 1. The number of hydrogen-bond acceptors (Lipinski definition) is 4. The predicted octanol–water partition coefficient (Wildman–Crippen LogP) is 3.62. The van der Waals surface area contributed by atoms with Gasteiger partial charge in [-0.05, 0) is 37.1 Å². The molecule has 0 atom stereocenters.